The molecule has 0 atom stereocenters. The van der Waals surface area contributed by atoms with Gasteiger partial charge in [-0.05, 0) is 6.42 Å². The molecule has 0 aliphatic carbocycles. The fourth-order valence-electron chi connectivity index (χ4n) is 0.444. The minimum Gasteiger partial charge on any atom is -0.435 e. The maximum Gasteiger partial charge on any atom is 0.307 e. The van der Waals surface area contributed by atoms with Crippen LogP contribution in [-0.2, 0) is 19.6 Å². The van der Waals surface area contributed by atoms with Gasteiger partial charge in [0.25, 0.3) is 10.1 Å². The van der Waals surface area contributed by atoms with Crippen LogP contribution in [0.15, 0.2) is 12.8 Å². The summed E-state index contributed by atoms with van der Waals surface area (Å²) in [6.07, 6.45) is 2.43. The minimum atomic E-state index is -3.69. The average molecular weight is 224 g/mol. The molecule has 0 aliphatic rings. The summed E-state index contributed by atoms with van der Waals surface area (Å²) >= 11 is 0. The van der Waals surface area contributed by atoms with E-state index in [0.717, 1.165) is 12.7 Å². The van der Waals surface area contributed by atoms with Gasteiger partial charge in [0, 0.05) is 6.92 Å². The molecule has 0 unspecified atom stereocenters. The van der Waals surface area contributed by atoms with Crippen molar-refractivity contribution in [3.05, 3.63) is 12.8 Å². The first-order valence-corrected chi connectivity index (χ1v) is 5.67. The zero-order valence-electron chi connectivity index (χ0n) is 8.39. The largest absolute Gasteiger partial charge is 0.435 e. The molecule has 0 aliphatic heterocycles. The van der Waals surface area contributed by atoms with E-state index in [2.05, 4.69) is 11.3 Å². The van der Waals surface area contributed by atoms with Crippen molar-refractivity contribution in [2.75, 3.05) is 5.75 Å². The van der Waals surface area contributed by atoms with Crippen LogP contribution in [0.25, 0.3) is 0 Å². The van der Waals surface area contributed by atoms with Crippen LogP contribution >= 0.6 is 0 Å². The summed E-state index contributed by atoms with van der Waals surface area (Å²) < 4.78 is 32.2. The van der Waals surface area contributed by atoms with Crippen molar-refractivity contribution in [3.63, 3.8) is 0 Å². The molecule has 0 radical (unpaired) electrons. The van der Waals surface area contributed by atoms with E-state index in [9.17, 15) is 13.2 Å². The third kappa shape index (κ3) is 22.5. The first-order chi connectivity index (χ1) is 6.33. The van der Waals surface area contributed by atoms with E-state index in [1.807, 2.05) is 6.92 Å². The number of unbranched alkanes of at least 4 members (excludes halogenated alkanes) is 1. The highest BCUT2D eigenvalue weighted by molar-refractivity contribution is 7.85. The molecule has 0 heterocycles. The molecule has 0 bridgehead atoms. The van der Waals surface area contributed by atoms with Gasteiger partial charge in [-0.15, -0.1) is 0 Å². The van der Waals surface area contributed by atoms with Crippen LogP contribution in [0.1, 0.15) is 26.7 Å². The zero-order chi connectivity index (χ0) is 11.6. The van der Waals surface area contributed by atoms with Gasteiger partial charge >= 0.3 is 5.97 Å². The molecule has 6 heteroatoms. The number of rotatable bonds is 4. The fraction of sp³-hybridized carbons (Fsp3) is 0.625. The van der Waals surface area contributed by atoms with Gasteiger partial charge in [-0.3, -0.25) is 9.35 Å². The molecule has 0 saturated carbocycles. The van der Waals surface area contributed by atoms with Gasteiger partial charge in [-0.25, -0.2) is 0 Å². The molecule has 84 valence electrons. The molecule has 0 aromatic heterocycles. The van der Waals surface area contributed by atoms with Crippen molar-refractivity contribution in [2.45, 2.75) is 26.7 Å². The Morgan fingerprint density at radius 1 is 1.57 bits per heavy atom. The second-order valence-electron chi connectivity index (χ2n) is 2.42. The standard InChI is InChI=1S/C4H10O3S.C4H6O2/c1-2-3-4-8(5,6)7;1-3-6-4(2)5/h2-4H2,1H3,(H,5,6,7);3H,1H2,2H3. The van der Waals surface area contributed by atoms with Crippen LogP contribution in [0.5, 0.6) is 0 Å². The van der Waals surface area contributed by atoms with Gasteiger partial charge in [0.05, 0.1) is 12.0 Å². The Morgan fingerprint density at radius 3 is 2.14 bits per heavy atom. The number of hydrogen-bond acceptors (Lipinski definition) is 4. The zero-order valence-corrected chi connectivity index (χ0v) is 9.21. The van der Waals surface area contributed by atoms with Gasteiger partial charge in [-0.2, -0.15) is 8.42 Å². The Bertz CT molecular complexity index is 255. The van der Waals surface area contributed by atoms with Gasteiger partial charge in [-0.1, -0.05) is 19.9 Å². The van der Waals surface area contributed by atoms with E-state index in [4.69, 9.17) is 4.55 Å². The van der Waals surface area contributed by atoms with Crippen LogP contribution in [0.2, 0.25) is 0 Å². The Kier molecular flexibility index (Phi) is 9.69. The molecule has 1 N–H and O–H groups in total. The summed E-state index contributed by atoms with van der Waals surface area (Å²) in [6, 6.07) is 0. The summed E-state index contributed by atoms with van der Waals surface area (Å²) in [6.45, 7) is 6.35. The minimum absolute atomic E-state index is 0.108. The lowest BCUT2D eigenvalue weighted by atomic mass is 10.4. The topological polar surface area (TPSA) is 80.7 Å². The Hall–Kier alpha value is -0.880. The van der Waals surface area contributed by atoms with E-state index in [0.29, 0.717) is 6.42 Å². The van der Waals surface area contributed by atoms with E-state index in [1.165, 1.54) is 6.92 Å². The second kappa shape index (κ2) is 8.71. The third-order valence-electron chi connectivity index (χ3n) is 1.01. The van der Waals surface area contributed by atoms with Gasteiger partial charge in [0.1, 0.15) is 0 Å². The predicted molar refractivity (Wildman–Crippen MR) is 53.3 cm³/mol. The van der Waals surface area contributed by atoms with Crippen LogP contribution in [0.4, 0.5) is 0 Å². The van der Waals surface area contributed by atoms with Crippen LogP contribution < -0.4 is 0 Å². The van der Waals surface area contributed by atoms with Gasteiger partial charge in [0.2, 0.25) is 0 Å². The van der Waals surface area contributed by atoms with Crippen molar-refractivity contribution in [1.82, 2.24) is 0 Å². The first-order valence-electron chi connectivity index (χ1n) is 4.06. The Balaban J connectivity index is 0. The summed E-state index contributed by atoms with van der Waals surface area (Å²) in [4.78, 5) is 9.75. The van der Waals surface area contributed by atoms with Crippen molar-refractivity contribution < 1.29 is 22.5 Å². The molecular weight excluding hydrogens is 208 g/mol. The number of ether oxygens (including phenoxy) is 1. The molecule has 0 fully saturated rings. The lowest BCUT2D eigenvalue weighted by Crippen LogP contribution is -2.02. The second-order valence-corrected chi connectivity index (χ2v) is 3.99. The maximum atomic E-state index is 9.95. The highest BCUT2D eigenvalue weighted by atomic mass is 32.2. The van der Waals surface area contributed by atoms with E-state index >= 15 is 0 Å². The summed E-state index contributed by atoms with van der Waals surface area (Å²) in [5.41, 5.74) is 0. The molecule has 14 heavy (non-hydrogen) atoms. The van der Waals surface area contributed by atoms with Crippen LogP contribution in [0, 0.1) is 0 Å². The summed E-state index contributed by atoms with van der Waals surface area (Å²) in [5.74, 6) is -0.436. The maximum absolute atomic E-state index is 9.95. The SMILES string of the molecule is C=COC(C)=O.CCCCS(=O)(=O)O. The monoisotopic (exact) mass is 224 g/mol. The number of carbonyl (C=O) groups is 1. The molecule has 0 aromatic rings. The Morgan fingerprint density at radius 2 is 2.07 bits per heavy atom. The fourth-order valence-corrected chi connectivity index (χ4v) is 1.10. The van der Waals surface area contributed by atoms with Crippen molar-refractivity contribution in [1.29, 1.82) is 0 Å². The first kappa shape index (κ1) is 15.6. The van der Waals surface area contributed by atoms with Crippen molar-refractivity contribution >= 4 is 16.1 Å². The molecule has 0 aromatic carbocycles. The predicted octanol–water partition coefficient (Wildman–Crippen LogP) is 1.37. The van der Waals surface area contributed by atoms with Crippen LogP contribution in [0.3, 0.4) is 0 Å². The molecule has 0 rings (SSSR count). The summed E-state index contributed by atoms with van der Waals surface area (Å²) in [7, 11) is -3.69. The van der Waals surface area contributed by atoms with E-state index in [-0.39, 0.29) is 11.7 Å². The average Bonchev–Trinajstić information content (AvgIpc) is 2.00. The molecule has 0 saturated heterocycles. The van der Waals surface area contributed by atoms with E-state index < -0.39 is 10.1 Å². The van der Waals surface area contributed by atoms with Crippen molar-refractivity contribution in [2.24, 2.45) is 0 Å². The van der Waals surface area contributed by atoms with Crippen molar-refractivity contribution in [3.8, 4) is 0 Å². The highest BCUT2D eigenvalue weighted by Crippen LogP contribution is 1.90. The van der Waals surface area contributed by atoms with Crippen LogP contribution in [-0.4, -0.2) is 24.7 Å². The number of esters is 1. The molecule has 0 spiro atoms. The highest BCUT2D eigenvalue weighted by Gasteiger charge is 2.00. The van der Waals surface area contributed by atoms with E-state index in [1.54, 1.807) is 0 Å². The number of carbonyl (C=O) groups excluding carboxylic acids is 1. The molecular formula is C8H16O5S. The molecule has 0 amide bonds. The lowest BCUT2D eigenvalue weighted by Gasteiger charge is -1.90. The van der Waals surface area contributed by atoms with Gasteiger partial charge in [0.15, 0.2) is 0 Å². The normalized spacial score (nSPS) is 9.64. The lowest BCUT2D eigenvalue weighted by molar-refractivity contribution is -0.135. The smallest absolute Gasteiger partial charge is 0.307 e. The van der Waals surface area contributed by atoms with Gasteiger partial charge < -0.3 is 4.74 Å². The number of hydrogen-bond donors (Lipinski definition) is 1. The quantitative estimate of drug-likeness (QED) is 0.443. The summed E-state index contributed by atoms with van der Waals surface area (Å²) in [5, 5.41) is 0. The Labute approximate surface area is 84.5 Å². The molecule has 5 nitrogen and oxygen atoms in total. The third-order valence-corrected chi connectivity index (χ3v) is 1.81.